The van der Waals surface area contributed by atoms with Crippen LogP contribution in [0.1, 0.15) is 37.6 Å². The van der Waals surface area contributed by atoms with Gasteiger partial charge in [0, 0.05) is 10.4 Å². The summed E-state index contributed by atoms with van der Waals surface area (Å²) in [5.74, 6) is 0.691. The Labute approximate surface area is 196 Å². The van der Waals surface area contributed by atoms with Crippen molar-refractivity contribution in [3.63, 3.8) is 0 Å². The number of aromatic nitrogens is 2. The molecule has 0 bridgehead atoms. The molecule has 1 atom stereocenters. The summed E-state index contributed by atoms with van der Waals surface area (Å²) >= 11 is 6.83. The number of benzene rings is 2. The lowest BCUT2D eigenvalue weighted by molar-refractivity contribution is -0.142. The Morgan fingerprint density at radius 2 is 2.03 bits per heavy atom. The maximum atomic E-state index is 13.2. The van der Waals surface area contributed by atoms with E-state index >= 15 is 0 Å². The molecule has 7 nitrogen and oxygen atoms in total. The number of ether oxygens (including phenoxy) is 2. The number of hydrogen-bond donors (Lipinski definition) is 0. The number of carbonyl (C=O) groups excluding carboxylic acids is 1. The van der Waals surface area contributed by atoms with Gasteiger partial charge in [-0.05, 0) is 64.3 Å². The largest absolute Gasteiger partial charge is 0.481 e. The van der Waals surface area contributed by atoms with Gasteiger partial charge in [-0.2, -0.15) is 9.78 Å². The summed E-state index contributed by atoms with van der Waals surface area (Å²) < 4.78 is 12.8. The number of methoxy groups -OCH3 is 1. The zero-order valence-electron chi connectivity index (χ0n) is 17.3. The smallest absolute Gasteiger partial charge is 0.343 e. The lowest BCUT2D eigenvalue weighted by Gasteiger charge is -2.14. The number of carbonyl (C=O) groups is 1. The van der Waals surface area contributed by atoms with Gasteiger partial charge in [0.25, 0.3) is 5.56 Å². The fourth-order valence-corrected chi connectivity index (χ4v) is 3.69. The van der Waals surface area contributed by atoms with Crippen LogP contribution < -0.4 is 10.3 Å². The van der Waals surface area contributed by atoms with Crippen LogP contribution in [0.25, 0.3) is 10.9 Å². The predicted octanol–water partition coefficient (Wildman–Crippen LogP) is 4.87. The van der Waals surface area contributed by atoms with Gasteiger partial charge in [0.1, 0.15) is 11.6 Å². The Morgan fingerprint density at radius 1 is 1.26 bits per heavy atom. The van der Waals surface area contributed by atoms with Crippen molar-refractivity contribution in [2.45, 2.75) is 26.2 Å². The summed E-state index contributed by atoms with van der Waals surface area (Å²) in [5, 5.41) is 4.94. The molecule has 0 N–H and O–H groups in total. The molecule has 31 heavy (non-hydrogen) atoms. The summed E-state index contributed by atoms with van der Waals surface area (Å²) in [6, 6.07) is 10.7. The maximum absolute atomic E-state index is 13.2. The van der Waals surface area contributed by atoms with Crippen LogP contribution in [-0.4, -0.2) is 35.6 Å². The van der Waals surface area contributed by atoms with E-state index in [0.717, 1.165) is 16.5 Å². The van der Waals surface area contributed by atoms with Crippen LogP contribution in [0, 0.1) is 0 Å². The molecule has 0 aliphatic heterocycles. The lowest BCUT2D eigenvalue weighted by Crippen LogP contribution is -2.23. The van der Waals surface area contributed by atoms with Gasteiger partial charge in [-0.15, -0.1) is 0 Å². The Kier molecular flexibility index (Phi) is 7.61. The molecule has 0 unspecified atom stereocenters. The Hall–Kier alpha value is -2.52. The first-order chi connectivity index (χ1) is 14.8. The Bertz CT molecular complexity index is 1210. The van der Waals surface area contributed by atoms with Crippen molar-refractivity contribution >= 4 is 54.9 Å². The summed E-state index contributed by atoms with van der Waals surface area (Å²) in [4.78, 5) is 29.1. The molecule has 162 valence electrons. The van der Waals surface area contributed by atoms with E-state index < -0.39 is 5.97 Å². The van der Waals surface area contributed by atoms with Crippen molar-refractivity contribution in [3.8, 4) is 5.75 Å². The number of nitrogens with zero attached hydrogens (tertiary/aromatic N) is 3. The highest BCUT2D eigenvalue weighted by Crippen LogP contribution is 2.26. The molecule has 1 heterocycles. The first-order valence-electron chi connectivity index (χ1n) is 9.59. The lowest BCUT2D eigenvalue weighted by atomic mass is 10.1. The van der Waals surface area contributed by atoms with E-state index in [9.17, 15) is 9.59 Å². The van der Waals surface area contributed by atoms with Gasteiger partial charge in [0.15, 0.2) is 6.61 Å². The molecule has 0 amide bonds. The van der Waals surface area contributed by atoms with Crippen molar-refractivity contribution in [2.75, 3.05) is 13.7 Å². The highest BCUT2D eigenvalue weighted by atomic mass is 79.9. The molecule has 0 saturated heterocycles. The second kappa shape index (κ2) is 10.2. The zero-order valence-corrected chi connectivity index (χ0v) is 20.4. The van der Waals surface area contributed by atoms with Crippen LogP contribution in [0.5, 0.6) is 5.75 Å². The molecule has 9 heteroatoms. The van der Waals surface area contributed by atoms with Crippen LogP contribution in [0.4, 0.5) is 0 Å². The maximum Gasteiger partial charge on any atom is 0.343 e. The SMILES string of the molecule is CC[C@@H](C)c1nc2ccc(Br)cc2c(=O)n1N=Cc1ccc(OCC(=O)OC)c(Br)c1. The fraction of sp³-hybridized carbons (Fsp3) is 0.273. The minimum Gasteiger partial charge on any atom is -0.481 e. The normalized spacial score (nSPS) is 12.3. The Balaban J connectivity index is 1.98. The van der Waals surface area contributed by atoms with Crippen LogP contribution in [0.2, 0.25) is 0 Å². The highest BCUT2D eigenvalue weighted by molar-refractivity contribution is 9.10. The van der Waals surface area contributed by atoms with Crippen molar-refractivity contribution in [3.05, 3.63) is 67.1 Å². The van der Waals surface area contributed by atoms with Crippen molar-refractivity contribution in [2.24, 2.45) is 5.10 Å². The van der Waals surface area contributed by atoms with E-state index in [2.05, 4.69) is 41.7 Å². The first-order valence-corrected chi connectivity index (χ1v) is 11.2. The van der Waals surface area contributed by atoms with Crippen LogP contribution >= 0.6 is 31.9 Å². The molecule has 0 aliphatic carbocycles. The molecule has 3 aromatic rings. The molecule has 1 aromatic heterocycles. The van der Waals surface area contributed by atoms with Gasteiger partial charge in [0.05, 0.1) is 28.7 Å². The van der Waals surface area contributed by atoms with Crippen molar-refractivity contribution in [1.29, 1.82) is 0 Å². The van der Waals surface area contributed by atoms with Gasteiger partial charge in [-0.25, -0.2) is 9.78 Å². The third-order valence-electron chi connectivity index (χ3n) is 4.74. The van der Waals surface area contributed by atoms with E-state index in [4.69, 9.17) is 9.72 Å². The van der Waals surface area contributed by atoms with Gasteiger partial charge in [-0.1, -0.05) is 29.8 Å². The highest BCUT2D eigenvalue weighted by Gasteiger charge is 2.15. The van der Waals surface area contributed by atoms with Crippen molar-refractivity contribution < 1.29 is 14.3 Å². The minimum absolute atomic E-state index is 0.0544. The average Bonchev–Trinajstić information content (AvgIpc) is 2.77. The van der Waals surface area contributed by atoms with E-state index in [1.165, 1.54) is 11.8 Å². The molecule has 0 radical (unpaired) electrons. The van der Waals surface area contributed by atoms with Crippen LogP contribution in [-0.2, 0) is 9.53 Å². The fourth-order valence-electron chi connectivity index (χ4n) is 2.81. The number of fused-ring (bicyclic) bond motifs is 1. The Morgan fingerprint density at radius 3 is 2.71 bits per heavy atom. The number of halogens is 2. The van der Waals surface area contributed by atoms with Gasteiger partial charge in [-0.3, -0.25) is 4.79 Å². The van der Waals surface area contributed by atoms with Gasteiger partial charge >= 0.3 is 5.97 Å². The molecular weight excluding hydrogens is 530 g/mol. The summed E-state index contributed by atoms with van der Waals surface area (Å²) in [5.41, 5.74) is 1.16. The van der Waals surface area contributed by atoms with E-state index in [0.29, 0.717) is 26.9 Å². The molecule has 0 fully saturated rings. The molecule has 2 aromatic carbocycles. The van der Waals surface area contributed by atoms with E-state index in [-0.39, 0.29) is 18.1 Å². The van der Waals surface area contributed by atoms with Crippen LogP contribution in [0.3, 0.4) is 0 Å². The topological polar surface area (TPSA) is 82.8 Å². The third kappa shape index (κ3) is 5.40. The summed E-state index contributed by atoms with van der Waals surface area (Å²) in [7, 11) is 1.30. The van der Waals surface area contributed by atoms with Crippen molar-refractivity contribution in [1.82, 2.24) is 9.66 Å². The molecule has 0 saturated carbocycles. The second-order valence-corrected chi connectivity index (χ2v) is 8.63. The van der Waals surface area contributed by atoms with E-state index in [1.807, 2.05) is 26.0 Å². The van der Waals surface area contributed by atoms with Crippen LogP contribution in [0.15, 0.2) is 55.2 Å². The number of hydrogen-bond acceptors (Lipinski definition) is 6. The summed E-state index contributed by atoms with van der Waals surface area (Å²) in [6.07, 6.45) is 2.41. The zero-order chi connectivity index (χ0) is 22.5. The average molecular weight is 551 g/mol. The first kappa shape index (κ1) is 23.1. The quantitative estimate of drug-likeness (QED) is 0.309. The number of esters is 1. The second-order valence-electron chi connectivity index (χ2n) is 6.86. The molecular formula is C22H21Br2N3O4. The van der Waals surface area contributed by atoms with Gasteiger partial charge in [0.2, 0.25) is 0 Å². The number of rotatable bonds is 7. The summed E-state index contributed by atoms with van der Waals surface area (Å²) in [6.45, 7) is 3.87. The minimum atomic E-state index is -0.468. The monoisotopic (exact) mass is 549 g/mol. The third-order valence-corrected chi connectivity index (χ3v) is 5.85. The molecule has 0 spiro atoms. The molecule has 0 aliphatic rings. The molecule has 3 rings (SSSR count). The predicted molar refractivity (Wildman–Crippen MR) is 127 cm³/mol. The van der Waals surface area contributed by atoms with E-state index in [1.54, 1.807) is 30.5 Å². The standard InChI is InChI=1S/C22H21Br2N3O4/c1-4-13(2)21-26-18-7-6-15(23)10-16(18)22(29)27(21)25-11-14-5-8-19(17(24)9-14)31-12-20(28)30-3/h5-11,13H,4,12H2,1-3H3/t13-/m1/s1. The van der Waals surface area contributed by atoms with Gasteiger partial charge < -0.3 is 9.47 Å².